The summed E-state index contributed by atoms with van der Waals surface area (Å²) in [5.74, 6) is -1.70. The van der Waals surface area contributed by atoms with Crippen molar-refractivity contribution in [3.05, 3.63) is 23.8 Å². The highest BCUT2D eigenvalue weighted by Crippen LogP contribution is 2.27. The number of carbonyl (C=O) groups excluding carboxylic acids is 1. The number of carbonyl (C=O) groups is 2. The van der Waals surface area contributed by atoms with Gasteiger partial charge in [-0.2, -0.15) is 0 Å². The average Bonchev–Trinajstić information content (AvgIpc) is 2.37. The van der Waals surface area contributed by atoms with Gasteiger partial charge in [0.15, 0.2) is 5.75 Å². The molecule has 0 saturated carbocycles. The number of urea groups is 1. The fourth-order valence-electron chi connectivity index (χ4n) is 1.48. The minimum Gasteiger partial charge on any atom is -0.505 e. The lowest BCUT2D eigenvalue weighted by Gasteiger charge is -2.20. The number of carboxylic acids is 1. The number of para-hydroxylation sites is 1. The fraction of sp³-hybridized carbons (Fsp3) is 0.385. The third-order valence-electron chi connectivity index (χ3n) is 2.74. The second-order valence-corrected chi connectivity index (χ2v) is 4.66. The molecule has 20 heavy (non-hydrogen) atoms. The second-order valence-electron chi connectivity index (χ2n) is 4.66. The third kappa shape index (κ3) is 4.13. The van der Waals surface area contributed by atoms with E-state index in [2.05, 4.69) is 5.32 Å². The first-order chi connectivity index (χ1) is 9.32. The molecule has 0 bridgehead atoms. The largest absolute Gasteiger partial charge is 0.505 e. The van der Waals surface area contributed by atoms with Gasteiger partial charge in [-0.3, -0.25) is 0 Å². The number of amides is 2. The lowest BCUT2D eigenvalue weighted by Crippen LogP contribution is -2.36. The van der Waals surface area contributed by atoms with Crippen LogP contribution in [0.15, 0.2) is 18.2 Å². The zero-order chi connectivity index (χ0) is 15.3. The first kappa shape index (κ1) is 15.8. The number of hydrogen-bond acceptors (Lipinski definition) is 4. The van der Waals surface area contributed by atoms with Crippen molar-refractivity contribution in [2.75, 3.05) is 39.5 Å². The number of phenols is 1. The van der Waals surface area contributed by atoms with Gasteiger partial charge in [-0.05, 0) is 26.2 Å². The molecule has 0 heterocycles. The van der Waals surface area contributed by atoms with Crippen molar-refractivity contribution in [2.24, 2.45) is 0 Å². The summed E-state index contributed by atoms with van der Waals surface area (Å²) in [5, 5.41) is 21.2. The first-order valence-electron chi connectivity index (χ1n) is 6.05. The molecule has 0 atom stereocenters. The molecular formula is C13H19N3O4. The maximum Gasteiger partial charge on any atom is 0.339 e. The fourth-order valence-corrected chi connectivity index (χ4v) is 1.48. The summed E-state index contributed by atoms with van der Waals surface area (Å²) in [5.41, 5.74) is -0.176. The molecule has 0 unspecified atom stereocenters. The second kappa shape index (κ2) is 6.76. The van der Waals surface area contributed by atoms with Crippen LogP contribution >= 0.6 is 0 Å². The van der Waals surface area contributed by atoms with Gasteiger partial charge in [-0.25, -0.2) is 9.59 Å². The van der Waals surface area contributed by atoms with Crippen molar-refractivity contribution in [2.45, 2.75) is 0 Å². The Labute approximate surface area is 117 Å². The zero-order valence-corrected chi connectivity index (χ0v) is 11.8. The SMILES string of the molecule is CN(C)CCN(C)C(=O)Nc1cccc(C(=O)O)c1O. The molecule has 2 amide bonds. The van der Waals surface area contributed by atoms with Gasteiger partial charge in [-0.15, -0.1) is 0 Å². The van der Waals surface area contributed by atoms with Crippen LogP contribution in [0.25, 0.3) is 0 Å². The van der Waals surface area contributed by atoms with Gasteiger partial charge in [0.05, 0.1) is 5.69 Å². The number of nitrogens with zero attached hydrogens (tertiary/aromatic N) is 2. The smallest absolute Gasteiger partial charge is 0.339 e. The number of rotatable bonds is 5. The Morgan fingerprint density at radius 3 is 2.40 bits per heavy atom. The minimum absolute atomic E-state index is 0.0756. The molecule has 0 aliphatic carbocycles. The maximum absolute atomic E-state index is 11.9. The number of likely N-dealkylation sites (N-methyl/N-ethyl adjacent to an activating group) is 2. The van der Waals surface area contributed by atoms with Gasteiger partial charge in [0.1, 0.15) is 5.56 Å². The molecule has 1 aromatic carbocycles. The molecule has 7 nitrogen and oxygen atoms in total. The number of carboxylic acid groups (broad SMARTS) is 1. The van der Waals surface area contributed by atoms with E-state index in [0.29, 0.717) is 13.1 Å². The Bertz CT molecular complexity index is 502. The summed E-state index contributed by atoms with van der Waals surface area (Å²) in [6.45, 7) is 1.21. The van der Waals surface area contributed by atoms with E-state index in [1.165, 1.54) is 23.1 Å². The van der Waals surface area contributed by atoms with E-state index in [1.807, 2.05) is 19.0 Å². The van der Waals surface area contributed by atoms with E-state index >= 15 is 0 Å². The highest BCUT2D eigenvalue weighted by atomic mass is 16.4. The van der Waals surface area contributed by atoms with Crippen LogP contribution in [0, 0.1) is 0 Å². The summed E-state index contributed by atoms with van der Waals surface area (Å²) in [6.07, 6.45) is 0. The van der Waals surface area contributed by atoms with E-state index in [0.717, 1.165) is 0 Å². The van der Waals surface area contributed by atoms with Gasteiger partial charge in [0.25, 0.3) is 0 Å². The lowest BCUT2D eigenvalue weighted by molar-refractivity contribution is 0.0693. The topological polar surface area (TPSA) is 93.1 Å². The molecule has 0 radical (unpaired) electrons. The van der Waals surface area contributed by atoms with Gasteiger partial charge in [-0.1, -0.05) is 6.07 Å². The van der Waals surface area contributed by atoms with Gasteiger partial charge in [0.2, 0.25) is 0 Å². The van der Waals surface area contributed by atoms with Crippen LogP contribution < -0.4 is 5.32 Å². The molecule has 0 saturated heterocycles. The number of anilines is 1. The van der Waals surface area contributed by atoms with Gasteiger partial charge in [0, 0.05) is 20.1 Å². The normalized spacial score (nSPS) is 10.4. The summed E-state index contributed by atoms with van der Waals surface area (Å²) in [6, 6.07) is 3.76. The van der Waals surface area contributed by atoms with Crippen molar-refractivity contribution in [1.29, 1.82) is 0 Å². The maximum atomic E-state index is 11.9. The Hall–Kier alpha value is -2.28. The lowest BCUT2D eigenvalue weighted by atomic mass is 10.1. The highest BCUT2D eigenvalue weighted by Gasteiger charge is 2.16. The molecule has 0 spiro atoms. The molecule has 0 fully saturated rings. The van der Waals surface area contributed by atoms with Crippen LogP contribution in [0.5, 0.6) is 5.75 Å². The van der Waals surface area contributed by atoms with Crippen molar-refractivity contribution >= 4 is 17.7 Å². The predicted octanol–water partition coefficient (Wildman–Crippen LogP) is 1.12. The number of aromatic carboxylic acids is 1. The van der Waals surface area contributed by atoms with Crippen molar-refractivity contribution < 1.29 is 19.8 Å². The molecule has 110 valence electrons. The molecule has 0 aliphatic heterocycles. The number of hydrogen-bond donors (Lipinski definition) is 3. The Morgan fingerprint density at radius 1 is 1.20 bits per heavy atom. The quantitative estimate of drug-likeness (QED) is 0.703. The molecule has 1 aromatic rings. The van der Waals surface area contributed by atoms with Crippen LogP contribution in [-0.4, -0.2) is 66.2 Å². The zero-order valence-electron chi connectivity index (χ0n) is 11.8. The van der Waals surface area contributed by atoms with E-state index in [9.17, 15) is 14.7 Å². The molecular weight excluding hydrogens is 262 g/mol. The van der Waals surface area contributed by atoms with Crippen molar-refractivity contribution in [3.8, 4) is 5.75 Å². The number of nitrogens with one attached hydrogen (secondary N) is 1. The average molecular weight is 281 g/mol. The number of aromatic hydroxyl groups is 1. The van der Waals surface area contributed by atoms with Crippen LogP contribution in [0.2, 0.25) is 0 Å². The van der Waals surface area contributed by atoms with Crippen LogP contribution in [0.4, 0.5) is 10.5 Å². The Balaban J connectivity index is 2.76. The standard InChI is InChI=1S/C13H19N3O4/c1-15(2)7-8-16(3)13(20)14-10-6-4-5-9(11(10)17)12(18)19/h4-6,17H,7-8H2,1-3H3,(H,14,20)(H,18,19). The molecule has 1 rings (SSSR count). The van der Waals surface area contributed by atoms with Crippen LogP contribution in [0.1, 0.15) is 10.4 Å². The van der Waals surface area contributed by atoms with Crippen molar-refractivity contribution in [1.82, 2.24) is 9.80 Å². The van der Waals surface area contributed by atoms with Crippen LogP contribution in [-0.2, 0) is 0 Å². The van der Waals surface area contributed by atoms with Crippen molar-refractivity contribution in [3.63, 3.8) is 0 Å². The molecule has 0 aliphatic rings. The van der Waals surface area contributed by atoms with Crippen LogP contribution in [0.3, 0.4) is 0 Å². The first-order valence-corrected chi connectivity index (χ1v) is 6.05. The Kier molecular flexibility index (Phi) is 5.33. The van der Waals surface area contributed by atoms with E-state index in [-0.39, 0.29) is 11.3 Å². The predicted molar refractivity (Wildman–Crippen MR) is 75.3 cm³/mol. The van der Waals surface area contributed by atoms with Gasteiger partial charge < -0.3 is 25.3 Å². The van der Waals surface area contributed by atoms with Gasteiger partial charge >= 0.3 is 12.0 Å². The molecule has 3 N–H and O–H groups in total. The van der Waals surface area contributed by atoms with E-state index in [1.54, 1.807) is 7.05 Å². The third-order valence-corrected chi connectivity index (χ3v) is 2.74. The van der Waals surface area contributed by atoms with E-state index < -0.39 is 17.7 Å². The minimum atomic E-state index is -1.25. The molecule has 0 aromatic heterocycles. The summed E-state index contributed by atoms with van der Waals surface area (Å²) >= 11 is 0. The summed E-state index contributed by atoms with van der Waals surface area (Å²) in [4.78, 5) is 26.2. The number of benzene rings is 1. The highest BCUT2D eigenvalue weighted by molar-refractivity contribution is 5.97. The summed E-state index contributed by atoms with van der Waals surface area (Å²) < 4.78 is 0. The Morgan fingerprint density at radius 2 is 1.85 bits per heavy atom. The monoisotopic (exact) mass is 281 g/mol. The van der Waals surface area contributed by atoms with E-state index in [4.69, 9.17) is 5.11 Å². The summed E-state index contributed by atoms with van der Waals surface area (Å²) in [7, 11) is 5.42. The molecule has 7 heteroatoms.